The molecule has 1 aliphatic heterocycles. The van der Waals surface area contributed by atoms with E-state index in [2.05, 4.69) is 16.4 Å². The van der Waals surface area contributed by atoms with Crippen LogP contribution in [0.25, 0.3) is 10.9 Å². The lowest BCUT2D eigenvalue weighted by molar-refractivity contribution is -0.139. The standard InChI is InChI=1S/C28H24ClN3O3/c29-24-7-3-1-5-20(24)22(23-15-30-25-8-4-2-6-21(23)25)16-31-28(35)19-11-9-18(10-12-19)17-32-26(33)13-14-27(32)34/h1-12,15,22,30H,13-14,16-17H2,(H,31,35). The number of likely N-dealkylation sites (tertiary alicyclic amines) is 1. The highest BCUT2D eigenvalue weighted by Crippen LogP contribution is 2.34. The predicted molar refractivity (Wildman–Crippen MR) is 135 cm³/mol. The number of imide groups is 1. The predicted octanol–water partition coefficient (Wildman–Crippen LogP) is 5.03. The third-order valence-electron chi connectivity index (χ3n) is 6.46. The number of nitrogens with one attached hydrogen (secondary N) is 2. The third kappa shape index (κ3) is 4.70. The van der Waals surface area contributed by atoms with Gasteiger partial charge in [0.25, 0.3) is 5.91 Å². The summed E-state index contributed by atoms with van der Waals surface area (Å²) in [7, 11) is 0. The number of amides is 3. The van der Waals surface area contributed by atoms with E-state index in [1.807, 2.05) is 48.7 Å². The van der Waals surface area contributed by atoms with Crippen LogP contribution in [0, 0.1) is 0 Å². The number of hydrogen-bond acceptors (Lipinski definition) is 3. The van der Waals surface area contributed by atoms with Gasteiger partial charge in [-0.2, -0.15) is 0 Å². The first-order valence-electron chi connectivity index (χ1n) is 11.5. The molecular weight excluding hydrogens is 462 g/mol. The zero-order chi connectivity index (χ0) is 24.4. The van der Waals surface area contributed by atoms with E-state index < -0.39 is 0 Å². The summed E-state index contributed by atoms with van der Waals surface area (Å²) in [5.41, 5.74) is 4.33. The van der Waals surface area contributed by atoms with Crippen LogP contribution in [0.2, 0.25) is 5.02 Å². The van der Waals surface area contributed by atoms with Crippen LogP contribution in [0.1, 0.15) is 45.8 Å². The number of para-hydroxylation sites is 1. The molecule has 0 aliphatic carbocycles. The first-order valence-corrected chi connectivity index (χ1v) is 11.9. The zero-order valence-corrected chi connectivity index (χ0v) is 19.7. The second kappa shape index (κ2) is 9.76. The highest BCUT2D eigenvalue weighted by atomic mass is 35.5. The Bertz CT molecular complexity index is 1390. The summed E-state index contributed by atoms with van der Waals surface area (Å²) >= 11 is 6.55. The molecule has 3 amide bonds. The Morgan fingerprint density at radius 3 is 2.34 bits per heavy atom. The summed E-state index contributed by atoms with van der Waals surface area (Å²) in [6.07, 6.45) is 2.51. The molecule has 1 atom stereocenters. The van der Waals surface area contributed by atoms with Gasteiger partial charge in [-0.3, -0.25) is 19.3 Å². The van der Waals surface area contributed by atoms with E-state index in [9.17, 15) is 14.4 Å². The molecule has 35 heavy (non-hydrogen) atoms. The monoisotopic (exact) mass is 485 g/mol. The van der Waals surface area contributed by atoms with Gasteiger partial charge in [0, 0.05) is 53.0 Å². The molecule has 2 heterocycles. The van der Waals surface area contributed by atoms with E-state index in [4.69, 9.17) is 11.6 Å². The minimum absolute atomic E-state index is 0.143. The normalized spacial score (nSPS) is 14.5. The van der Waals surface area contributed by atoms with Crippen molar-refractivity contribution in [2.45, 2.75) is 25.3 Å². The van der Waals surface area contributed by atoms with Gasteiger partial charge in [-0.15, -0.1) is 0 Å². The van der Waals surface area contributed by atoms with Gasteiger partial charge in [0.15, 0.2) is 0 Å². The van der Waals surface area contributed by atoms with Crippen molar-refractivity contribution in [1.29, 1.82) is 0 Å². The molecule has 1 fully saturated rings. The molecule has 1 aromatic heterocycles. The van der Waals surface area contributed by atoms with Gasteiger partial charge in [-0.1, -0.05) is 60.1 Å². The van der Waals surface area contributed by atoms with Gasteiger partial charge in [-0.25, -0.2) is 0 Å². The van der Waals surface area contributed by atoms with E-state index in [0.29, 0.717) is 17.1 Å². The lowest BCUT2D eigenvalue weighted by atomic mass is 9.90. The van der Waals surface area contributed by atoms with Gasteiger partial charge in [-0.05, 0) is 41.0 Å². The maximum absolute atomic E-state index is 13.0. The first-order chi connectivity index (χ1) is 17.0. The largest absolute Gasteiger partial charge is 0.361 e. The van der Waals surface area contributed by atoms with E-state index in [1.54, 1.807) is 24.3 Å². The average Bonchev–Trinajstić information content (AvgIpc) is 3.44. The van der Waals surface area contributed by atoms with Crippen LogP contribution in [0.3, 0.4) is 0 Å². The summed E-state index contributed by atoms with van der Waals surface area (Å²) < 4.78 is 0. The molecule has 0 spiro atoms. The van der Waals surface area contributed by atoms with Crippen LogP contribution < -0.4 is 5.32 Å². The minimum atomic E-state index is -0.207. The Kier molecular flexibility index (Phi) is 6.38. The number of H-pyrrole nitrogens is 1. The Morgan fingerprint density at radius 2 is 1.60 bits per heavy atom. The van der Waals surface area contributed by atoms with Crippen molar-refractivity contribution < 1.29 is 14.4 Å². The Labute approximate surface area is 207 Å². The van der Waals surface area contributed by atoms with Crippen LogP contribution in [-0.4, -0.2) is 34.2 Å². The second-order valence-electron chi connectivity index (χ2n) is 8.64. The molecule has 3 aromatic carbocycles. The van der Waals surface area contributed by atoms with Gasteiger partial charge in [0.05, 0.1) is 6.54 Å². The maximum Gasteiger partial charge on any atom is 0.251 e. The number of nitrogens with zero attached hydrogens (tertiary/aromatic N) is 1. The molecule has 2 N–H and O–H groups in total. The fourth-order valence-corrected chi connectivity index (χ4v) is 4.83. The summed E-state index contributed by atoms with van der Waals surface area (Å²) in [5.74, 6) is -0.656. The fourth-order valence-electron chi connectivity index (χ4n) is 4.57. The number of halogens is 1. The number of benzene rings is 3. The highest BCUT2D eigenvalue weighted by Gasteiger charge is 2.28. The van der Waals surface area contributed by atoms with Crippen molar-refractivity contribution >= 4 is 40.2 Å². The van der Waals surface area contributed by atoms with Crippen LogP contribution in [-0.2, 0) is 16.1 Å². The molecule has 4 aromatic rings. The van der Waals surface area contributed by atoms with Crippen molar-refractivity contribution in [2.24, 2.45) is 0 Å². The molecule has 1 saturated heterocycles. The smallest absolute Gasteiger partial charge is 0.251 e. The van der Waals surface area contributed by atoms with Crippen molar-refractivity contribution in [2.75, 3.05) is 6.54 Å². The summed E-state index contributed by atoms with van der Waals surface area (Å²) in [4.78, 5) is 41.3. The number of aromatic nitrogens is 1. The minimum Gasteiger partial charge on any atom is -0.361 e. The molecule has 7 heteroatoms. The van der Waals surface area contributed by atoms with Crippen LogP contribution in [0.4, 0.5) is 0 Å². The lowest BCUT2D eigenvalue weighted by Crippen LogP contribution is -2.29. The molecule has 176 valence electrons. The van der Waals surface area contributed by atoms with E-state index in [1.165, 1.54) is 4.90 Å². The zero-order valence-electron chi connectivity index (χ0n) is 19.0. The Balaban J connectivity index is 1.33. The first kappa shape index (κ1) is 22.9. The average molecular weight is 486 g/mol. The van der Waals surface area contributed by atoms with Crippen molar-refractivity contribution in [3.05, 3.63) is 106 Å². The molecule has 0 radical (unpaired) electrons. The number of carbonyl (C=O) groups is 3. The SMILES string of the molecule is O=C(NCC(c1ccccc1Cl)c1c[nH]c2ccccc12)c1ccc(CN2C(=O)CCC2=O)cc1. The topological polar surface area (TPSA) is 82.3 Å². The van der Waals surface area contributed by atoms with Crippen molar-refractivity contribution in [1.82, 2.24) is 15.2 Å². The number of hydrogen-bond donors (Lipinski definition) is 2. The lowest BCUT2D eigenvalue weighted by Gasteiger charge is -2.19. The van der Waals surface area contributed by atoms with Crippen LogP contribution in [0.15, 0.2) is 79.0 Å². The summed E-state index contributed by atoms with van der Waals surface area (Å²) in [6, 6.07) is 22.7. The van der Waals surface area contributed by atoms with E-state index in [-0.39, 0.29) is 43.0 Å². The molecule has 5 rings (SSSR count). The summed E-state index contributed by atoms with van der Waals surface area (Å²) in [5, 5.41) is 4.79. The Morgan fingerprint density at radius 1 is 0.914 bits per heavy atom. The Hall–Kier alpha value is -3.90. The van der Waals surface area contributed by atoms with E-state index in [0.717, 1.165) is 27.6 Å². The number of fused-ring (bicyclic) bond motifs is 1. The fraction of sp³-hybridized carbons (Fsp3) is 0.179. The van der Waals surface area contributed by atoms with Crippen molar-refractivity contribution in [3.8, 4) is 0 Å². The van der Waals surface area contributed by atoms with E-state index >= 15 is 0 Å². The second-order valence-corrected chi connectivity index (χ2v) is 9.05. The highest BCUT2D eigenvalue weighted by molar-refractivity contribution is 6.31. The number of aromatic amines is 1. The van der Waals surface area contributed by atoms with Crippen LogP contribution >= 0.6 is 11.6 Å². The number of carbonyl (C=O) groups excluding carboxylic acids is 3. The third-order valence-corrected chi connectivity index (χ3v) is 6.80. The van der Waals surface area contributed by atoms with Gasteiger partial charge >= 0.3 is 0 Å². The molecule has 6 nitrogen and oxygen atoms in total. The molecule has 0 bridgehead atoms. The van der Waals surface area contributed by atoms with Crippen LogP contribution in [0.5, 0.6) is 0 Å². The molecule has 1 unspecified atom stereocenters. The quantitative estimate of drug-likeness (QED) is 0.360. The van der Waals surface area contributed by atoms with Gasteiger partial charge in [0.1, 0.15) is 0 Å². The van der Waals surface area contributed by atoms with Gasteiger partial charge in [0.2, 0.25) is 11.8 Å². The van der Waals surface area contributed by atoms with Gasteiger partial charge < -0.3 is 10.3 Å². The van der Waals surface area contributed by atoms with Crippen molar-refractivity contribution in [3.63, 3.8) is 0 Å². The number of rotatable bonds is 7. The maximum atomic E-state index is 13.0. The molecular formula is C28H24ClN3O3. The molecule has 1 aliphatic rings. The molecule has 0 saturated carbocycles. The summed E-state index contributed by atoms with van der Waals surface area (Å²) in [6.45, 7) is 0.595.